The molecule has 9 heteroatoms. The second-order valence-corrected chi connectivity index (χ2v) is 12.4. The van der Waals surface area contributed by atoms with E-state index in [-0.39, 0.29) is 6.42 Å². The van der Waals surface area contributed by atoms with Gasteiger partial charge in [-0.3, -0.25) is 14.4 Å². The minimum Gasteiger partial charge on any atom is -0.469 e. The summed E-state index contributed by atoms with van der Waals surface area (Å²) in [6, 6.07) is 16.7. The minimum atomic E-state index is -4.07. The van der Waals surface area contributed by atoms with Crippen LogP contribution in [0.5, 0.6) is 0 Å². The summed E-state index contributed by atoms with van der Waals surface area (Å²) in [5.74, 6) is -0.421. The van der Waals surface area contributed by atoms with E-state index in [9.17, 15) is 13.2 Å². The fourth-order valence-corrected chi connectivity index (χ4v) is 7.54. The predicted molar refractivity (Wildman–Crippen MR) is 164 cm³/mol. The van der Waals surface area contributed by atoms with Gasteiger partial charge in [0.15, 0.2) is 0 Å². The number of likely N-dealkylation sites (tertiary alicyclic amines) is 1. The van der Waals surface area contributed by atoms with E-state index in [0.717, 1.165) is 30.4 Å². The van der Waals surface area contributed by atoms with Gasteiger partial charge < -0.3 is 4.74 Å². The Bertz CT molecular complexity index is 1100. The van der Waals surface area contributed by atoms with Crippen LogP contribution in [-0.4, -0.2) is 49.6 Å². The number of methoxy groups -OCH3 is 1. The van der Waals surface area contributed by atoms with E-state index in [4.69, 9.17) is 4.74 Å². The van der Waals surface area contributed by atoms with Crippen LogP contribution in [0.1, 0.15) is 70.3 Å². The fourth-order valence-electron chi connectivity index (χ4n) is 5.31. The quantitative estimate of drug-likeness (QED) is 0.0775. The molecule has 1 saturated heterocycles. The molecule has 1 heterocycles. The van der Waals surface area contributed by atoms with Gasteiger partial charge in [0.1, 0.15) is 0 Å². The molecule has 1 atom stereocenters. The third-order valence-corrected chi connectivity index (χ3v) is 9.72. The first kappa shape index (κ1) is 30.7. The molecular weight excluding hydrogens is 613 g/mol. The van der Waals surface area contributed by atoms with Gasteiger partial charge >= 0.3 is 16.2 Å². The first-order chi connectivity index (χ1) is 18.3. The van der Waals surface area contributed by atoms with E-state index in [2.05, 4.69) is 39.1 Å². The summed E-state index contributed by atoms with van der Waals surface area (Å²) < 4.78 is 38.2. The fraction of sp³-hybridized carbons (Fsp3) is 0.552. The number of nitrogens with zero attached hydrogens (tertiary/aromatic N) is 2. The predicted octanol–water partition coefficient (Wildman–Crippen LogP) is 6.54. The van der Waals surface area contributed by atoms with E-state index in [1.165, 1.54) is 49.1 Å². The summed E-state index contributed by atoms with van der Waals surface area (Å²) in [6.45, 7) is 3.53. The number of carbonyl (C=O) groups excluding carboxylic acids is 1. The number of esters is 1. The molecule has 38 heavy (non-hydrogen) atoms. The Morgan fingerprint density at radius 1 is 1.05 bits per heavy atom. The number of carbonyl (C=O) groups is 1. The maximum Gasteiger partial charge on any atom is 0.324 e. The molecule has 0 saturated carbocycles. The number of rotatable bonds is 15. The van der Waals surface area contributed by atoms with E-state index in [1.807, 2.05) is 42.5 Å². The molecule has 1 aliphatic heterocycles. The highest BCUT2D eigenvalue weighted by molar-refractivity contribution is 14.1. The zero-order valence-electron chi connectivity index (χ0n) is 22.7. The normalized spacial score (nSPS) is 18.2. The lowest BCUT2D eigenvalue weighted by Gasteiger charge is -2.48. The van der Waals surface area contributed by atoms with Crippen molar-refractivity contribution in [2.75, 3.05) is 33.8 Å². The molecule has 0 aliphatic carbocycles. The second-order valence-electron chi connectivity index (χ2n) is 10.2. The molecule has 0 bridgehead atoms. The minimum absolute atomic E-state index is 0.0242. The summed E-state index contributed by atoms with van der Waals surface area (Å²) in [5.41, 5.74) is 1.27. The number of aryl methyl sites for hydroxylation is 1. The van der Waals surface area contributed by atoms with Crippen molar-refractivity contribution in [3.8, 4) is 0 Å². The zero-order chi connectivity index (χ0) is 27.4. The lowest BCUT2D eigenvalue weighted by molar-refractivity contribution is -0.142. The molecule has 7 nitrogen and oxygen atoms in total. The highest BCUT2D eigenvalue weighted by atomic mass is 127. The van der Waals surface area contributed by atoms with Crippen LogP contribution in [0.3, 0.4) is 0 Å². The van der Waals surface area contributed by atoms with Crippen LogP contribution in [0.25, 0.3) is 0 Å². The molecule has 0 aromatic heterocycles. The van der Waals surface area contributed by atoms with Crippen LogP contribution in [0.2, 0.25) is 0 Å². The molecular formula is C29H42IN3O4S. The monoisotopic (exact) mass is 655 g/mol. The zero-order valence-corrected chi connectivity index (χ0v) is 25.7. The smallest absolute Gasteiger partial charge is 0.324 e. The number of anilines is 2. The maximum absolute atomic E-state index is 14.1. The van der Waals surface area contributed by atoms with Crippen LogP contribution >= 0.6 is 22.6 Å². The topological polar surface area (TPSA) is 79.0 Å². The van der Waals surface area contributed by atoms with Crippen molar-refractivity contribution >= 4 is 50.1 Å². The number of hydrogen-bond acceptors (Lipinski definition) is 5. The molecule has 1 aliphatic rings. The number of hydrogen-bond donors (Lipinski definition) is 1. The largest absolute Gasteiger partial charge is 0.469 e. The Balaban J connectivity index is 1.84. The molecule has 2 aromatic rings. The van der Waals surface area contributed by atoms with Gasteiger partial charge in [-0.25, -0.2) is 4.31 Å². The van der Waals surface area contributed by atoms with Crippen LogP contribution in [0, 0.1) is 0 Å². The lowest BCUT2D eigenvalue weighted by atomic mass is 9.85. The van der Waals surface area contributed by atoms with Crippen molar-refractivity contribution in [3.63, 3.8) is 0 Å². The van der Waals surface area contributed by atoms with Crippen molar-refractivity contribution in [2.24, 2.45) is 0 Å². The van der Waals surface area contributed by atoms with Gasteiger partial charge in [-0.15, -0.1) is 0 Å². The second kappa shape index (κ2) is 15.1. The van der Waals surface area contributed by atoms with Gasteiger partial charge in [0.25, 0.3) is 0 Å². The van der Waals surface area contributed by atoms with Gasteiger partial charge in [0.05, 0.1) is 35.0 Å². The van der Waals surface area contributed by atoms with Crippen LogP contribution in [0.15, 0.2) is 54.6 Å². The number of alkyl halides is 1. The van der Waals surface area contributed by atoms with Crippen molar-refractivity contribution in [1.82, 2.24) is 4.90 Å². The van der Waals surface area contributed by atoms with Gasteiger partial charge in [-0.2, -0.15) is 8.42 Å². The van der Waals surface area contributed by atoms with Crippen LogP contribution < -0.4 is 9.03 Å². The Labute approximate surface area is 242 Å². The highest BCUT2D eigenvalue weighted by Gasteiger charge is 2.48. The Kier molecular flexibility index (Phi) is 12.2. The molecule has 3 rings (SSSR count). The molecule has 1 fully saturated rings. The Hall–Kier alpha value is -1.85. The summed E-state index contributed by atoms with van der Waals surface area (Å²) in [4.78, 5) is 14.8. The molecule has 1 unspecified atom stereocenters. The Morgan fingerprint density at radius 3 is 2.39 bits per heavy atom. The first-order valence-electron chi connectivity index (χ1n) is 13.7. The highest BCUT2D eigenvalue weighted by Crippen LogP contribution is 2.38. The van der Waals surface area contributed by atoms with E-state index in [0.29, 0.717) is 24.3 Å². The molecule has 210 valence electrons. The van der Waals surface area contributed by atoms with Crippen molar-refractivity contribution in [2.45, 2.75) is 76.7 Å². The molecule has 0 radical (unpaired) electrons. The van der Waals surface area contributed by atoms with E-state index < -0.39 is 21.7 Å². The van der Waals surface area contributed by atoms with E-state index >= 15 is 0 Å². The van der Waals surface area contributed by atoms with Gasteiger partial charge in [0.2, 0.25) is 0 Å². The van der Waals surface area contributed by atoms with Crippen molar-refractivity contribution < 1.29 is 17.9 Å². The number of ether oxygens (including phenoxy) is 1. The Morgan fingerprint density at radius 2 is 1.74 bits per heavy atom. The third-order valence-electron chi connectivity index (χ3n) is 7.19. The molecule has 1 N–H and O–H groups in total. The number of benzene rings is 2. The number of halogens is 1. The van der Waals surface area contributed by atoms with Crippen molar-refractivity contribution in [1.29, 1.82) is 0 Å². The first-order valence-corrected chi connectivity index (χ1v) is 16.6. The SMILES string of the molecule is CCCCCCCCc1ccc(NS(=O)(=O)N(c2ccccc2)C2(CC(=O)OC)CCCN(CI)C2)cc1. The van der Waals surface area contributed by atoms with Gasteiger partial charge in [0, 0.05) is 6.54 Å². The van der Waals surface area contributed by atoms with Crippen LogP contribution in [-0.2, 0) is 26.2 Å². The summed E-state index contributed by atoms with van der Waals surface area (Å²) in [5, 5.41) is 0. The number of para-hydroxylation sites is 1. The number of unbranched alkanes of at least 4 members (excludes halogenated alkanes) is 5. The lowest BCUT2D eigenvalue weighted by Crippen LogP contribution is -2.62. The average molecular weight is 656 g/mol. The summed E-state index contributed by atoms with van der Waals surface area (Å²) >= 11 is 2.29. The van der Waals surface area contributed by atoms with Gasteiger partial charge in [-0.1, -0.05) is 92.0 Å². The van der Waals surface area contributed by atoms with E-state index in [1.54, 1.807) is 12.1 Å². The standard InChI is InChI=1S/C29H42IN3O4S/c1-3-4-5-6-7-9-13-25-16-18-26(19-17-25)31-38(35,36)33(27-14-10-8-11-15-27)29(22-28(34)37-2)20-12-21-32(23-29)24-30/h8,10-11,14-19,31H,3-7,9,12-13,20-24H2,1-2H3. The third kappa shape index (κ3) is 8.58. The van der Waals surface area contributed by atoms with Crippen LogP contribution in [0.4, 0.5) is 11.4 Å². The van der Waals surface area contributed by atoms with Gasteiger partial charge in [-0.05, 0) is 62.1 Å². The molecule has 0 amide bonds. The van der Waals surface area contributed by atoms with Crippen molar-refractivity contribution in [3.05, 3.63) is 60.2 Å². The number of nitrogens with one attached hydrogen (secondary N) is 1. The molecule has 2 aromatic carbocycles. The summed E-state index contributed by atoms with van der Waals surface area (Å²) in [7, 11) is -2.72. The number of piperidine rings is 1. The summed E-state index contributed by atoms with van der Waals surface area (Å²) in [6.07, 6.45) is 9.77. The molecule has 0 spiro atoms. The maximum atomic E-state index is 14.1. The average Bonchev–Trinajstić information content (AvgIpc) is 2.91.